The van der Waals surface area contributed by atoms with E-state index in [0.717, 1.165) is 23.5 Å². The minimum atomic E-state index is -3.66. The third kappa shape index (κ3) is 3.59. The van der Waals surface area contributed by atoms with E-state index >= 15 is 0 Å². The smallest absolute Gasteiger partial charge is 0.276 e. The lowest BCUT2D eigenvalue weighted by molar-refractivity contribution is 0.102. The van der Waals surface area contributed by atoms with E-state index in [4.69, 9.17) is 11.6 Å². The quantitative estimate of drug-likeness (QED) is 0.705. The molecule has 0 fully saturated rings. The Morgan fingerprint density at radius 3 is 2.64 bits per heavy atom. The molecule has 0 aliphatic heterocycles. The van der Waals surface area contributed by atoms with Gasteiger partial charge < -0.3 is 5.32 Å². The van der Waals surface area contributed by atoms with Crippen molar-refractivity contribution in [3.8, 4) is 0 Å². The predicted molar refractivity (Wildman–Crippen MR) is 94.6 cm³/mol. The molecule has 0 saturated heterocycles. The van der Waals surface area contributed by atoms with Gasteiger partial charge in [0.15, 0.2) is 5.69 Å². The number of nitrogens with one attached hydrogen (secondary N) is 1. The van der Waals surface area contributed by atoms with Crippen molar-refractivity contribution in [2.45, 2.75) is 12.1 Å². The summed E-state index contributed by atoms with van der Waals surface area (Å²) in [4.78, 5) is 24.4. The number of aromatic nitrogens is 3. The lowest BCUT2D eigenvalue weighted by atomic mass is 10.1. The van der Waals surface area contributed by atoms with Crippen molar-refractivity contribution in [1.82, 2.24) is 15.0 Å². The molecule has 0 spiro atoms. The Morgan fingerprint density at radius 1 is 1.16 bits per heavy atom. The number of sulfone groups is 1. The number of para-hydroxylation sites is 1. The van der Waals surface area contributed by atoms with Gasteiger partial charge in [0.2, 0.25) is 15.0 Å². The maximum atomic E-state index is 12.5. The van der Waals surface area contributed by atoms with E-state index in [-0.39, 0.29) is 10.7 Å². The van der Waals surface area contributed by atoms with E-state index in [0.29, 0.717) is 11.2 Å². The monoisotopic (exact) mass is 376 g/mol. The van der Waals surface area contributed by atoms with Crippen LogP contribution in [0.4, 0.5) is 5.69 Å². The average molecular weight is 377 g/mol. The highest BCUT2D eigenvalue weighted by atomic mass is 35.5. The normalized spacial score (nSPS) is 11.5. The number of nitrogens with zero attached hydrogens (tertiary/aromatic N) is 3. The predicted octanol–water partition coefficient (Wildman–Crippen LogP) is 2.64. The highest BCUT2D eigenvalue weighted by Crippen LogP contribution is 2.23. The topological polar surface area (TPSA) is 102 Å². The third-order valence-electron chi connectivity index (χ3n) is 3.38. The molecule has 1 aromatic carbocycles. The zero-order chi connectivity index (χ0) is 18.2. The summed E-state index contributed by atoms with van der Waals surface area (Å²) in [5, 5.41) is 3.02. The van der Waals surface area contributed by atoms with Gasteiger partial charge in [-0.05, 0) is 19.1 Å². The zero-order valence-corrected chi connectivity index (χ0v) is 14.9. The first kappa shape index (κ1) is 17.2. The standard InChI is InChI=1S/C16H13ClN4O3S/c1-9-6-7-10-4-3-5-12(13(10)19-9)20-15(22)14-11(17)8-18-16(21-14)25(2,23)24/h3-8H,1-2H3,(H,20,22). The van der Waals surface area contributed by atoms with Crippen LogP contribution in [0, 0.1) is 6.92 Å². The first-order valence-corrected chi connectivity index (χ1v) is 9.43. The van der Waals surface area contributed by atoms with Gasteiger partial charge in [0.25, 0.3) is 5.91 Å². The molecule has 0 aliphatic rings. The summed E-state index contributed by atoms with van der Waals surface area (Å²) in [5.41, 5.74) is 1.67. The van der Waals surface area contributed by atoms with Gasteiger partial charge in [-0.1, -0.05) is 29.8 Å². The first-order chi connectivity index (χ1) is 11.8. The summed E-state index contributed by atoms with van der Waals surface area (Å²) >= 11 is 5.95. The van der Waals surface area contributed by atoms with Crippen LogP contribution in [0.2, 0.25) is 5.02 Å². The van der Waals surface area contributed by atoms with Crippen LogP contribution < -0.4 is 5.32 Å². The fourth-order valence-corrected chi connectivity index (χ4v) is 2.89. The molecule has 2 aromatic heterocycles. The number of anilines is 1. The van der Waals surface area contributed by atoms with E-state index < -0.39 is 20.9 Å². The molecule has 0 atom stereocenters. The van der Waals surface area contributed by atoms with E-state index in [1.165, 1.54) is 0 Å². The van der Waals surface area contributed by atoms with Crippen LogP contribution in [0.5, 0.6) is 0 Å². The largest absolute Gasteiger partial charge is 0.319 e. The van der Waals surface area contributed by atoms with Crippen molar-refractivity contribution in [3.63, 3.8) is 0 Å². The molecule has 0 saturated carbocycles. The maximum absolute atomic E-state index is 12.5. The summed E-state index contributed by atoms with van der Waals surface area (Å²) in [5.74, 6) is -0.645. The Morgan fingerprint density at radius 2 is 1.92 bits per heavy atom. The molecule has 0 aliphatic carbocycles. The molecule has 0 unspecified atom stereocenters. The maximum Gasteiger partial charge on any atom is 0.276 e. The molecule has 7 nitrogen and oxygen atoms in total. The zero-order valence-electron chi connectivity index (χ0n) is 13.3. The Balaban J connectivity index is 2.03. The molecular formula is C16H13ClN4O3S. The fourth-order valence-electron chi connectivity index (χ4n) is 2.22. The van der Waals surface area contributed by atoms with Crippen LogP contribution in [-0.2, 0) is 9.84 Å². The fraction of sp³-hybridized carbons (Fsp3) is 0.125. The van der Waals surface area contributed by atoms with Crippen molar-refractivity contribution < 1.29 is 13.2 Å². The number of rotatable bonds is 3. The van der Waals surface area contributed by atoms with Gasteiger partial charge in [0.1, 0.15) is 0 Å². The Hall–Kier alpha value is -2.58. The number of hydrogen-bond acceptors (Lipinski definition) is 6. The molecule has 0 bridgehead atoms. The molecule has 3 rings (SSSR count). The Labute approximate surface area is 149 Å². The summed E-state index contributed by atoms with van der Waals surface area (Å²) in [6, 6.07) is 9.11. The highest BCUT2D eigenvalue weighted by molar-refractivity contribution is 7.90. The minimum Gasteiger partial charge on any atom is -0.319 e. The second kappa shape index (κ2) is 6.38. The lowest BCUT2D eigenvalue weighted by Gasteiger charge is -2.09. The van der Waals surface area contributed by atoms with Gasteiger partial charge in [0, 0.05) is 17.3 Å². The molecule has 1 N–H and O–H groups in total. The van der Waals surface area contributed by atoms with Crippen LogP contribution in [0.1, 0.15) is 16.2 Å². The van der Waals surface area contributed by atoms with Crippen molar-refractivity contribution in [3.05, 3.63) is 52.9 Å². The number of benzene rings is 1. The SMILES string of the molecule is Cc1ccc2cccc(NC(=O)c3nc(S(C)(=O)=O)ncc3Cl)c2n1. The van der Waals surface area contributed by atoms with Crippen LogP contribution in [0.15, 0.2) is 41.7 Å². The van der Waals surface area contributed by atoms with Crippen LogP contribution >= 0.6 is 11.6 Å². The summed E-state index contributed by atoms with van der Waals surface area (Å²) in [6.07, 6.45) is 2.04. The minimum absolute atomic E-state index is 0.0470. The molecule has 25 heavy (non-hydrogen) atoms. The van der Waals surface area contributed by atoms with E-state index in [1.807, 2.05) is 25.1 Å². The Kier molecular flexibility index (Phi) is 4.40. The van der Waals surface area contributed by atoms with Gasteiger partial charge in [-0.2, -0.15) is 0 Å². The number of pyridine rings is 1. The van der Waals surface area contributed by atoms with E-state index in [9.17, 15) is 13.2 Å². The Bertz CT molecular complexity index is 1100. The van der Waals surface area contributed by atoms with Gasteiger partial charge in [-0.15, -0.1) is 0 Å². The van der Waals surface area contributed by atoms with Gasteiger partial charge >= 0.3 is 0 Å². The number of carbonyl (C=O) groups is 1. The van der Waals surface area contributed by atoms with Crippen LogP contribution in [0.3, 0.4) is 0 Å². The average Bonchev–Trinajstić information content (AvgIpc) is 2.54. The van der Waals surface area contributed by atoms with Gasteiger partial charge in [0.05, 0.1) is 22.4 Å². The molecule has 2 heterocycles. The number of hydrogen-bond donors (Lipinski definition) is 1. The number of aryl methyl sites for hydroxylation is 1. The lowest BCUT2D eigenvalue weighted by Crippen LogP contribution is -2.17. The second-order valence-electron chi connectivity index (χ2n) is 5.41. The molecule has 3 aromatic rings. The summed E-state index contributed by atoms with van der Waals surface area (Å²) in [7, 11) is -3.66. The summed E-state index contributed by atoms with van der Waals surface area (Å²) in [6.45, 7) is 1.84. The van der Waals surface area contributed by atoms with Gasteiger partial charge in [-0.3, -0.25) is 9.78 Å². The molecular weight excluding hydrogens is 364 g/mol. The first-order valence-electron chi connectivity index (χ1n) is 7.16. The van der Waals surface area contributed by atoms with Crippen LogP contribution in [-0.4, -0.2) is 35.5 Å². The second-order valence-corrected chi connectivity index (χ2v) is 7.72. The van der Waals surface area contributed by atoms with E-state index in [1.54, 1.807) is 12.1 Å². The van der Waals surface area contributed by atoms with Crippen molar-refractivity contribution in [1.29, 1.82) is 0 Å². The molecule has 0 radical (unpaired) electrons. The molecule has 128 valence electrons. The van der Waals surface area contributed by atoms with E-state index in [2.05, 4.69) is 20.3 Å². The number of amides is 1. The van der Waals surface area contributed by atoms with Gasteiger partial charge in [-0.25, -0.2) is 18.4 Å². The van der Waals surface area contributed by atoms with Crippen molar-refractivity contribution in [2.75, 3.05) is 11.6 Å². The molecule has 1 amide bonds. The highest BCUT2D eigenvalue weighted by Gasteiger charge is 2.19. The summed E-state index contributed by atoms with van der Waals surface area (Å²) < 4.78 is 23.2. The molecule has 9 heteroatoms. The van der Waals surface area contributed by atoms with Crippen molar-refractivity contribution >= 4 is 43.9 Å². The third-order valence-corrected chi connectivity index (χ3v) is 4.51. The number of carbonyl (C=O) groups excluding carboxylic acids is 1. The van der Waals surface area contributed by atoms with Crippen molar-refractivity contribution in [2.24, 2.45) is 0 Å². The number of fused-ring (bicyclic) bond motifs is 1. The van der Waals surface area contributed by atoms with Crippen LogP contribution in [0.25, 0.3) is 10.9 Å². The number of halogens is 1.